The molecular formula is C19H13F3N2O5S. The van der Waals surface area contributed by atoms with E-state index in [1.165, 1.54) is 17.6 Å². The molecule has 1 amide bonds. The molecular weight excluding hydrogens is 425 g/mol. The molecule has 0 fully saturated rings. The predicted molar refractivity (Wildman–Crippen MR) is 99.6 cm³/mol. The van der Waals surface area contributed by atoms with Crippen LogP contribution in [-0.4, -0.2) is 28.3 Å². The second-order valence-corrected chi connectivity index (χ2v) is 7.45. The van der Waals surface area contributed by atoms with Crippen LogP contribution in [-0.2, 0) is 11.0 Å². The number of hydrogen-bond donors (Lipinski definition) is 1. The van der Waals surface area contributed by atoms with Crippen LogP contribution in [0.5, 0.6) is 11.5 Å². The molecule has 3 aromatic rings. The maximum absolute atomic E-state index is 12.9. The van der Waals surface area contributed by atoms with Crippen molar-refractivity contribution < 1.29 is 37.3 Å². The molecule has 0 saturated carbocycles. The Morgan fingerprint density at radius 3 is 2.57 bits per heavy atom. The quantitative estimate of drug-likeness (QED) is 0.671. The number of halogens is 3. The van der Waals surface area contributed by atoms with Gasteiger partial charge in [0.25, 0.3) is 5.91 Å². The van der Waals surface area contributed by atoms with E-state index in [9.17, 15) is 27.9 Å². The van der Waals surface area contributed by atoms with Gasteiger partial charge in [-0.05, 0) is 25.1 Å². The number of fused-ring (bicyclic) bond motifs is 2. The minimum Gasteiger partial charge on any atom is -0.480 e. The van der Waals surface area contributed by atoms with Gasteiger partial charge >= 0.3 is 12.1 Å². The van der Waals surface area contributed by atoms with E-state index in [1.54, 1.807) is 12.1 Å². The van der Waals surface area contributed by atoms with Crippen molar-refractivity contribution in [1.82, 2.24) is 4.57 Å². The number of alkyl halides is 3. The van der Waals surface area contributed by atoms with Crippen LogP contribution >= 0.6 is 11.3 Å². The Bertz CT molecular complexity index is 1250. The highest BCUT2D eigenvalue weighted by Crippen LogP contribution is 2.37. The monoisotopic (exact) mass is 438 g/mol. The lowest BCUT2D eigenvalue weighted by Crippen LogP contribution is -2.25. The average Bonchev–Trinajstić information content (AvgIpc) is 3.28. The van der Waals surface area contributed by atoms with E-state index in [2.05, 4.69) is 4.99 Å². The summed E-state index contributed by atoms with van der Waals surface area (Å²) in [6.07, 6.45) is -4.60. The molecule has 0 saturated heterocycles. The fourth-order valence-electron chi connectivity index (χ4n) is 2.97. The number of rotatable bonds is 3. The van der Waals surface area contributed by atoms with Crippen LogP contribution in [0.25, 0.3) is 10.2 Å². The molecule has 1 aromatic heterocycles. The summed E-state index contributed by atoms with van der Waals surface area (Å²) < 4.78 is 51.4. The molecule has 11 heteroatoms. The van der Waals surface area contributed by atoms with E-state index in [4.69, 9.17) is 9.47 Å². The number of carbonyl (C=O) groups excluding carboxylic acids is 1. The van der Waals surface area contributed by atoms with E-state index >= 15 is 0 Å². The minimum atomic E-state index is -4.60. The summed E-state index contributed by atoms with van der Waals surface area (Å²) in [6.45, 7) is 1.44. The molecule has 0 spiro atoms. The molecule has 1 atom stereocenters. The first kappa shape index (κ1) is 20.0. The topological polar surface area (TPSA) is 90.1 Å². The van der Waals surface area contributed by atoms with Gasteiger partial charge in [0.15, 0.2) is 16.3 Å². The number of thiazole rings is 1. The summed E-state index contributed by atoms with van der Waals surface area (Å²) in [6, 6.07) is 6.03. The van der Waals surface area contributed by atoms with Gasteiger partial charge in [-0.25, -0.2) is 4.79 Å². The third kappa shape index (κ3) is 3.52. The number of carbonyl (C=O) groups is 2. The SMILES string of the molecule is CC(C(=O)O)n1/c(=N/C(=O)c2cccc(C(F)(F)F)c2)sc2cc3c(cc21)OCO3. The molecule has 7 nitrogen and oxygen atoms in total. The van der Waals surface area contributed by atoms with Gasteiger partial charge in [0.1, 0.15) is 6.04 Å². The molecule has 1 unspecified atom stereocenters. The highest BCUT2D eigenvalue weighted by Gasteiger charge is 2.31. The van der Waals surface area contributed by atoms with Crippen LogP contribution in [0.1, 0.15) is 28.9 Å². The molecule has 1 N–H and O–H groups in total. The maximum Gasteiger partial charge on any atom is 0.416 e. The fraction of sp³-hybridized carbons (Fsp3) is 0.211. The standard InChI is InChI=1S/C19H13F3N2O5S/c1-9(17(26)27)24-12-6-13-14(29-8-28-13)7-15(12)30-18(24)23-16(25)10-3-2-4-11(5-10)19(20,21)22/h2-7,9H,8H2,1H3,(H,26,27)/b23-18-. The predicted octanol–water partition coefficient (Wildman–Crippen LogP) is 3.84. The zero-order chi connectivity index (χ0) is 21.6. The third-order valence-electron chi connectivity index (χ3n) is 4.50. The number of ether oxygens (including phenoxy) is 2. The Hall–Kier alpha value is -3.34. The number of benzene rings is 2. The Morgan fingerprint density at radius 2 is 1.90 bits per heavy atom. The van der Waals surface area contributed by atoms with Gasteiger partial charge in [0.05, 0.1) is 15.8 Å². The van der Waals surface area contributed by atoms with Gasteiger partial charge in [-0.15, -0.1) is 0 Å². The van der Waals surface area contributed by atoms with Crippen LogP contribution in [0, 0.1) is 0 Å². The number of aliphatic carboxylic acids is 1. The molecule has 2 aromatic carbocycles. The van der Waals surface area contributed by atoms with Gasteiger partial charge in [0.2, 0.25) is 6.79 Å². The first-order chi connectivity index (χ1) is 14.1. The highest BCUT2D eigenvalue weighted by atomic mass is 32.1. The first-order valence-corrected chi connectivity index (χ1v) is 9.40. The number of carboxylic acids is 1. The molecule has 0 aliphatic carbocycles. The summed E-state index contributed by atoms with van der Waals surface area (Å²) in [7, 11) is 0. The Morgan fingerprint density at radius 1 is 1.20 bits per heavy atom. The van der Waals surface area contributed by atoms with Crippen molar-refractivity contribution in [1.29, 1.82) is 0 Å². The van der Waals surface area contributed by atoms with E-state index in [0.29, 0.717) is 27.8 Å². The number of hydrogen-bond acceptors (Lipinski definition) is 5. The summed E-state index contributed by atoms with van der Waals surface area (Å²) in [4.78, 5) is 28.2. The van der Waals surface area contributed by atoms with Crippen LogP contribution in [0.4, 0.5) is 13.2 Å². The number of carboxylic acid groups (broad SMARTS) is 1. The fourth-order valence-corrected chi connectivity index (χ4v) is 4.08. The van der Waals surface area contributed by atoms with Gasteiger partial charge < -0.3 is 19.1 Å². The van der Waals surface area contributed by atoms with Gasteiger partial charge in [-0.3, -0.25) is 4.79 Å². The zero-order valence-corrected chi connectivity index (χ0v) is 16.1. The molecule has 0 bridgehead atoms. The summed E-state index contributed by atoms with van der Waals surface area (Å²) in [5.41, 5.74) is -0.780. The molecule has 1 aliphatic rings. The Labute approximate surface area is 170 Å². The van der Waals surface area contributed by atoms with Crippen molar-refractivity contribution in [3.63, 3.8) is 0 Å². The average molecular weight is 438 g/mol. The van der Waals surface area contributed by atoms with Crippen LogP contribution in [0.3, 0.4) is 0 Å². The molecule has 0 radical (unpaired) electrons. The van der Waals surface area contributed by atoms with Crippen molar-refractivity contribution in [2.45, 2.75) is 19.1 Å². The van der Waals surface area contributed by atoms with E-state index in [0.717, 1.165) is 23.5 Å². The lowest BCUT2D eigenvalue weighted by Gasteiger charge is -2.10. The second-order valence-electron chi connectivity index (χ2n) is 6.44. The summed E-state index contributed by atoms with van der Waals surface area (Å²) in [5.74, 6) is -1.20. The smallest absolute Gasteiger partial charge is 0.416 e. The van der Waals surface area contributed by atoms with Gasteiger partial charge in [-0.1, -0.05) is 17.4 Å². The van der Waals surface area contributed by atoms with Crippen LogP contribution < -0.4 is 14.3 Å². The highest BCUT2D eigenvalue weighted by molar-refractivity contribution is 7.16. The van der Waals surface area contributed by atoms with E-state index in [-0.39, 0.29) is 17.2 Å². The molecule has 1 aliphatic heterocycles. The lowest BCUT2D eigenvalue weighted by atomic mass is 10.1. The maximum atomic E-state index is 12.9. The number of amides is 1. The van der Waals surface area contributed by atoms with Crippen molar-refractivity contribution in [3.8, 4) is 11.5 Å². The number of nitrogens with zero attached hydrogens (tertiary/aromatic N) is 2. The van der Waals surface area contributed by atoms with E-state index in [1.807, 2.05) is 0 Å². The van der Waals surface area contributed by atoms with Crippen molar-refractivity contribution >= 4 is 33.4 Å². The normalized spacial score (nSPS) is 14.9. The van der Waals surface area contributed by atoms with Gasteiger partial charge in [0, 0.05) is 17.7 Å². The zero-order valence-electron chi connectivity index (χ0n) is 15.3. The van der Waals surface area contributed by atoms with Crippen LogP contribution in [0.15, 0.2) is 41.4 Å². The van der Waals surface area contributed by atoms with Gasteiger partial charge in [-0.2, -0.15) is 18.2 Å². The third-order valence-corrected chi connectivity index (χ3v) is 5.52. The lowest BCUT2D eigenvalue weighted by molar-refractivity contribution is -0.140. The van der Waals surface area contributed by atoms with Crippen molar-refractivity contribution in [2.24, 2.45) is 4.99 Å². The largest absolute Gasteiger partial charge is 0.480 e. The van der Waals surface area contributed by atoms with E-state index < -0.39 is 29.7 Å². The molecule has 2 heterocycles. The molecule has 156 valence electrons. The Kier molecular flexibility index (Phi) is 4.77. The minimum absolute atomic E-state index is 0.0333. The Balaban J connectivity index is 1.87. The summed E-state index contributed by atoms with van der Waals surface area (Å²) >= 11 is 1.02. The summed E-state index contributed by atoms with van der Waals surface area (Å²) in [5, 5.41) is 9.48. The van der Waals surface area contributed by atoms with Crippen molar-refractivity contribution in [3.05, 3.63) is 52.3 Å². The second kappa shape index (κ2) is 7.17. The van der Waals surface area contributed by atoms with Crippen LogP contribution in [0.2, 0.25) is 0 Å². The molecule has 30 heavy (non-hydrogen) atoms. The number of aromatic nitrogens is 1. The first-order valence-electron chi connectivity index (χ1n) is 8.59. The molecule has 4 rings (SSSR count). The van der Waals surface area contributed by atoms with Crippen molar-refractivity contribution in [2.75, 3.05) is 6.79 Å².